The zero-order valence-electron chi connectivity index (χ0n) is 7.51. The molecule has 0 saturated carbocycles. The highest BCUT2D eigenvalue weighted by molar-refractivity contribution is 5.20. The third-order valence-corrected chi connectivity index (χ3v) is 0.777. The average molecular weight is 170 g/mol. The first-order valence-corrected chi connectivity index (χ1v) is 3.81. The Balaban J connectivity index is -0.000000177. The minimum absolute atomic E-state index is 0. The Bertz CT molecular complexity index is 123. The molecule has 0 aromatic heterocycles. The van der Waals surface area contributed by atoms with Gasteiger partial charge in [0.2, 0.25) is 0 Å². The lowest BCUT2D eigenvalue weighted by Crippen LogP contribution is -1.82. The number of allylic oxidation sites excluding steroid dienone is 2. The summed E-state index contributed by atoms with van der Waals surface area (Å²) in [5, 5.41) is 8.47. The largest absolute Gasteiger partial charge is 0.392 e. The molecule has 0 unspecified atom stereocenters. The molecule has 0 aliphatic heterocycles. The van der Waals surface area contributed by atoms with E-state index in [2.05, 4.69) is 27.0 Å². The number of hydrogen-bond donors (Lipinski definition) is 1. The van der Waals surface area contributed by atoms with Gasteiger partial charge in [0.15, 0.2) is 0 Å². The van der Waals surface area contributed by atoms with Crippen LogP contribution in [0.1, 0.15) is 27.7 Å². The molecule has 0 rings (SSSR count). The van der Waals surface area contributed by atoms with E-state index < -0.39 is 0 Å². The highest BCUT2D eigenvalue weighted by atomic mass is 16.3. The highest BCUT2D eigenvalue weighted by Crippen LogP contribution is 1.91. The topological polar surface area (TPSA) is 20.2 Å². The van der Waals surface area contributed by atoms with Crippen molar-refractivity contribution in [3.8, 4) is 0 Å². The van der Waals surface area contributed by atoms with E-state index in [4.69, 9.17) is 5.11 Å². The third kappa shape index (κ3) is 16.1. The summed E-state index contributed by atoms with van der Waals surface area (Å²) in [6, 6.07) is 0. The van der Waals surface area contributed by atoms with E-state index in [0.717, 1.165) is 5.57 Å². The lowest BCUT2D eigenvalue weighted by molar-refractivity contribution is 0.335. The van der Waals surface area contributed by atoms with Crippen LogP contribution in [0.2, 0.25) is 0 Å². The van der Waals surface area contributed by atoms with Crippen molar-refractivity contribution in [3.05, 3.63) is 37.0 Å². The normalized spacial score (nSPS) is 8.75. The maximum atomic E-state index is 8.47. The first-order chi connectivity index (χ1) is 5.26. The predicted octanol–water partition coefficient (Wildman–Crippen LogP) is 3.33. The van der Waals surface area contributed by atoms with E-state index in [1.54, 1.807) is 18.2 Å². The Morgan fingerprint density at radius 1 is 1.33 bits per heavy atom. The first kappa shape index (κ1) is 17.3. The standard InChI is InChI=1S/C7H10O.C3H8.CH4/c1-3-5-7(4-2)6-8;1-3-2;/h3-5,8H,1-2,6H2;3H2,1-2H3;1H4/b7-5+;;. The summed E-state index contributed by atoms with van der Waals surface area (Å²) < 4.78 is 0. The molecule has 0 aromatic rings. The summed E-state index contributed by atoms with van der Waals surface area (Å²) >= 11 is 0. The molecule has 0 aliphatic rings. The smallest absolute Gasteiger partial charge is 0.0681 e. The summed E-state index contributed by atoms with van der Waals surface area (Å²) in [5.41, 5.74) is 0.792. The Kier molecular flexibility index (Phi) is 24.0. The van der Waals surface area contributed by atoms with Gasteiger partial charge in [0.05, 0.1) is 6.61 Å². The second-order valence-electron chi connectivity index (χ2n) is 2.05. The van der Waals surface area contributed by atoms with Crippen molar-refractivity contribution in [3.63, 3.8) is 0 Å². The van der Waals surface area contributed by atoms with Gasteiger partial charge >= 0.3 is 0 Å². The Morgan fingerprint density at radius 3 is 1.83 bits per heavy atom. The molecule has 0 fully saturated rings. The quantitative estimate of drug-likeness (QED) is 0.644. The highest BCUT2D eigenvalue weighted by Gasteiger charge is 1.80. The molecule has 0 amide bonds. The zero-order valence-corrected chi connectivity index (χ0v) is 7.51. The summed E-state index contributed by atoms with van der Waals surface area (Å²) in [4.78, 5) is 0. The summed E-state index contributed by atoms with van der Waals surface area (Å²) in [6.45, 7) is 11.2. The molecule has 1 nitrogen and oxygen atoms in total. The first-order valence-electron chi connectivity index (χ1n) is 3.81. The van der Waals surface area contributed by atoms with Crippen molar-refractivity contribution in [2.24, 2.45) is 0 Å². The lowest BCUT2D eigenvalue weighted by atomic mass is 10.2. The van der Waals surface area contributed by atoms with Gasteiger partial charge in [-0.1, -0.05) is 59.1 Å². The lowest BCUT2D eigenvalue weighted by Gasteiger charge is -1.88. The van der Waals surface area contributed by atoms with E-state index in [0.29, 0.717) is 0 Å². The van der Waals surface area contributed by atoms with E-state index in [9.17, 15) is 0 Å². The molecule has 0 aromatic carbocycles. The van der Waals surface area contributed by atoms with Crippen LogP contribution in [0.25, 0.3) is 0 Å². The molecular formula is C11H22O. The molecular weight excluding hydrogens is 148 g/mol. The molecule has 0 saturated heterocycles. The molecule has 72 valence electrons. The molecule has 1 N–H and O–H groups in total. The van der Waals surface area contributed by atoms with Crippen molar-refractivity contribution < 1.29 is 5.11 Å². The summed E-state index contributed by atoms with van der Waals surface area (Å²) in [6.07, 6.45) is 6.18. The number of hydrogen-bond acceptors (Lipinski definition) is 1. The number of aliphatic hydroxyl groups excluding tert-OH is 1. The third-order valence-electron chi connectivity index (χ3n) is 0.777. The minimum atomic E-state index is 0. The van der Waals surface area contributed by atoms with Crippen molar-refractivity contribution in [1.82, 2.24) is 0 Å². The molecule has 0 spiro atoms. The van der Waals surface area contributed by atoms with Gasteiger partial charge in [0.25, 0.3) is 0 Å². The van der Waals surface area contributed by atoms with Crippen LogP contribution in [0.15, 0.2) is 37.0 Å². The summed E-state index contributed by atoms with van der Waals surface area (Å²) in [7, 11) is 0. The van der Waals surface area contributed by atoms with Crippen molar-refractivity contribution in [2.75, 3.05) is 6.61 Å². The van der Waals surface area contributed by atoms with Crippen LogP contribution >= 0.6 is 0 Å². The fraction of sp³-hybridized carbons (Fsp3) is 0.455. The monoisotopic (exact) mass is 170 g/mol. The van der Waals surface area contributed by atoms with E-state index in [-0.39, 0.29) is 14.0 Å². The van der Waals surface area contributed by atoms with Gasteiger partial charge in [0.1, 0.15) is 0 Å². The molecule has 0 bridgehead atoms. The van der Waals surface area contributed by atoms with E-state index >= 15 is 0 Å². The second kappa shape index (κ2) is 16.6. The predicted molar refractivity (Wildman–Crippen MR) is 58.3 cm³/mol. The SMILES string of the molecule is C.C=C/C=C(\C=C)CO.CCC. The van der Waals surface area contributed by atoms with Crippen molar-refractivity contribution in [1.29, 1.82) is 0 Å². The Morgan fingerprint density at radius 2 is 1.75 bits per heavy atom. The van der Waals surface area contributed by atoms with Gasteiger partial charge in [-0.2, -0.15) is 0 Å². The number of rotatable bonds is 3. The van der Waals surface area contributed by atoms with Gasteiger partial charge in [-0.25, -0.2) is 0 Å². The fourth-order valence-corrected chi connectivity index (χ4v) is 0.337. The molecule has 0 aliphatic carbocycles. The van der Waals surface area contributed by atoms with Crippen LogP contribution in [0.4, 0.5) is 0 Å². The average Bonchev–Trinajstić information content (AvgIpc) is 2.02. The van der Waals surface area contributed by atoms with E-state index in [1.807, 2.05) is 0 Å². The summed E-state index contributed by atoms with van der Waals surface area (Å²) in [5.74, 6) is 0. The van der Waals surface area contributed by atoms with Crippen LogP contribution in [0.5, 0.6) is 0 Å². The van der Waals surface area contributed by atoms with Crippen LogP contribution in [0.3, 0.4) is 0 Å². The van der Waals surface area contributed by atoms with Crippen LogP contribution < -0.4 is 0 Å². The van der Waals surface area contributed by atoms with Crippen LogP contribution in [0, 0.1) is 0 Å². The zero-order chi connectivity index (χ0) is 9.11. The van der Waals surface area contributed by atoms with Crippen molar-refractivity contribution in [2.45, 2.75) is 27.7 Å². The van der Waals surface area contributed by atoms with Gasteiger partial charge in [-0.3, -0.25) is 0 Å². The maximum absolute atomic E-state index is 8.47. The Labute approximate surface area is 77.1 Å². The second-order valence-corrected chi connectivity index (χ2v) is 2.05. The molecule has 0 atom stereocenters. The molecule has 0 radical (unpaired) electrons. The van der Waals surface area contributed by atoms with Crippen LogP contribution in [-0.2, 0) is 0 Å². The number of aliphatic hydroxyl groups is 1. The van der Waals surface area contributed by atoms with Gasteiger partial charge in [0, 0.05) is 0 Å². The van der Waals surface area contributed by atoms with Gasteiger partial charge in [-0.15, -0.1) is 0 Å². The molecule has 12 heavy (non-hydrogen) atoms. The van der Waals surface area contributed by atoms with Gasteiger partial charge in [-0.05, 0) is 5.57 Å². The maximum Gasteiger partial charge on any atom is 0.0681 e. The minimum Gasteiger partial charge on any atom is -0.392 e. The molecule has 0 heterocycles. The van der Waals surface area contributed by atoms with Gasteiger partial charge < -0.3 is 5.11 Å². The molecule has 1 heteroatoms. The van der Waals surface area contributed by atoms with E-state index in [1.165, 1.54) is 6.42 Å². The fourth-order valence-electron chi connectivity index (χ4n) is 0.337. The Hall–Kier alpha value is -0.820. The van der Waals surface area contributed by atoms with Crippen LogP contribution in [-0.4, -0.2) is 11.7 Å². The van der Waals surface area contributed by atoms with Crippen molar-refractivity contribution >= 4 is 0 Å².